The zero-order chi connectivity index (χ0) is 30.4. The zero-order valence-corrected chi connectivity index (χ0v) is 25.2. The lowest BCUT2D eigenvalue weighted by molar-refractivity contribution is -0.132. The first-order chi connectivity index (χ1) is 20.6. The fourth-order valence-electron chi connectivity index (χ4n) is 2.64. The number of carboxylic acids is 1. The van der Waals surface area contributed by atoms with E-state index in [1.807, 2.05) is 0 Å². The minimum absolute atomic E-state index is 0.176. The summed E-state index contributed by atoms with van der Waals surface area (Å²) in [7, 11) is 0. The van der Waals surface area contributed by atoms with Crippen LogP contribution in [0.5, 0.6) is 0 Å². The van der Waals surface area contributed by atoms with E-state index in [4.69, 9.17) is 61.9 Å². The van der Waals surface area contributed by atoms with Crippen molar-refractivity contribution >= 4 is 5.97 Å². The highest BCUT2D eigenvalue weighted by atomic mass is 16.6. The molecule has 14 nitrogen and oxygen atoms in total. The molecule has 2 fully saturated rings. The third-order valence-electron chi connectivity index (χ3n) is 5.13. The fraction of sp³-hybridized carbons (Fsp3) is 0.893. The predicted molar refractivity (Wildman–Crippen MR) is 150 cm³/mol. The van der Waals surface area contributed by atoms with Crippen molar-refractivity contribution < 1.29 is 66.7 Å². The molecule has 0 aromatic heterocycles. The number of carbonyl (C=O) groups is 1. The smallest absolute Gasteiger partial charge is 0.330 e. The van der Waals surface area contributed by atoms with Gasteiger partial charge in [0.25, 0.3) is 0 Å². The van der Waals surface area contributed by atoms with Crippen LogP contribution in [0.1, 0.15) is 6.92 Å². The van der Waals surface area contributed by atoms with Crippen molar-refractivity contribution in [1.82, 2.24) is 0 Å². The molecule has 1 N–H and O–H groups in total. The van der Waals surface area contributed by atoms with Gasteiger partial charge in [-0.2, -0.15) is 0 Å². The second kappa shape index (κ2) is 29.8. The molecule has 2 rings (SSSR count). The molecule has 14 heteroatoms. The normalized spacial score (nSPS) is 17.1. The minimum atomic E-state index is -0.935. The van der Waals surface area contributed by atoms with Crippen molar-refractivity contribution in [3.05, 3.63) is 12.2 Å². The highest BCUT2D eigenvalue weighted by molar-refractivity contribution is 5.84. The number of hydrogen-bond donors (Lipinski definition) is 1. The lowest BCUT2D eigenvalue weighted by Crippen LogP contribution is -2.15. The Morgan fingerprint density at radius 2 is 0.690 bits per heavy atom. The molecule has 0 aromatic carbocycles. The fourth-order valence-corrected chi connectivity index (χ4v) is 2.64. The molecule has 0 amide bonds. The van der Waals surface area contributed by atoms with Gasteiger partial charge in [-0.15, -0.1) is 0 Å². The van der Waals surface area contributed by atoms with Crippen LogP contribution in [-0.2, 0) is 61.6 Å². The summed E-state index contributed by atoms with van der Waals surface area (Å²) in [5.74, 6) is -0.935. The molecular weight excluding hydrogens is 560 g/mol. The number of hydrogen-bond acceptors (Lipinski definition) is 13. The molecule has 0 radical (unpaired) electrons. The van der Waals surface area contributed by atoms with E-state index in [-0.39, 0.29) is 5.57 Å². The molecule has 0 aliphatic carbocycles. The minimum Gasteiger partial charge on any atom is -0.478 e. The number of carboxylic acid groups (broad SMARTS) is 1. The summed E-state index contributed by atoms with van der Waals surface area (Å²) < 4.78 is 64.3. The van der Waals surface area contributed by atoms with E-state index in [2.05, 4.69) is 6.58 Å². The Hall–Kier alpha value is -1.27. The lowest BCUT2D eigenvalue weighted by Gasteiger charge is -2.09. The van der Waals surface area contributed by atoms with E-state index >= 15 is 0 Å². The van der Waals surface area contributed by atoms with Crippen LogP contribution in [0.15, 0.2) is 12.2 Å². The maximum Gasteiger partial charge on any atom is 0.330 e. The quantitative estimate of drug-likeness (QED) is 0.0640. The van der Waals surface area contributed by atoms with Crippen molar-refractivity contribution in [2.75, 3.05) is 145 Å². The first-order valence-corrected chi connectivity index (χ1v) is 14.5. The monoisotopic (exact) mass is 612 g/mol. The van der Waals surface area contributed by atoms with Gasteiger partial charge < -0.3 is 61.9 Å². The third-order valence-corrected chi connectivity index (χ3v) is 5.13. The van der Waals surface area contributed by atoms with E-state index in [0.717, 1.165) is 13.2 Å². The van der Waals surface area contributed by atoms with Crippen LogP contribution in [-0.4, -0.2) is 169 Å². The maximum atomic E-state index is 9.60. The van der Waals surface area contributed by atoms with Gasteiger partial charge in [0.15, 0.2) is 0 Å². The summed E-state index contributed by atoms with van der Waals surface area (Å²) in [6.45, 7) is 17.3. The van der Waals surface area contributed by atoms with E-state index in [0.29, 0.717) is 144 Å². The summed E-state index contributed by atoms with van der Waals surface area (Å²) in [6, 6.07) is 0. The first-order valence-electron chi connectivity index (χ1n) is 14.5. The number of epoxide rings is 2. The van der Waals surface area contributed by atoms with Gasteiger partial charge in [0.05, 0.1) is 145 Å². The third kappa shape index (κ3) is 31.7. The summed E-state index contributed by atoms with van der Waals surface area (Å²) in [5.41, 5.74) is 0.176. The van der Waals surface area contributed by atoms with Gasteiger partial charge in [-0.05, 0) is 6.92 Å². The van der Waals surface area contributed by atoms with Gasteiger partial charge in [0.2, 0.25) is 0 Å². The molecule has 2 heterocycles. The summed E-state index contributed by atoms with van der Waals surface area (Å²) in [6.07, 6.45) is 0.603. The molecule has 2 saturated heterocycles. The SMILES string of the molecule is C(COCCOCCOCCOCCOCC1CO1)OCCOCCOCCOCCOCC1CO1.C=C(C)C(=O)O. The van der Waals surface area contributed by atoms with Crippen LogP contribution < -0.4 is 0 Å². The molecule has 2 aliphatic heterocycles. The number of rotatable bonds is 32. The van der Waals surface area contributed by atoms with Crippen molar-refractivity contribution in [2.24, 2.45) is 0 Å². The highest BCUT2D eigenvalue weighted by Gasteiger charge is 2.22. The average molecular weight is 613 g/mol. The maximum absolute atomic E-state index is 9.60. The highest BCUT2D eigenvalue weighted by Crippen LogP contribution is 2.08. The standard InChI is InChI=1S/C24H46O12.C4H6O2/c1(25-3-5-27-7-9-29-11-13-31-15-17-33-19-23-21-35-23)2-26-4-6-28-8-10-30-12-14-32-16-18-34-20-24-22-36-24;1-3(2)4(5)6/h23-24H,1-22H2;1H2,2H3,(H,5,6). The molecule has 248 valence electrons. The van der Waals surface area contributed by atoms with Crippen LogP contribution in [0.25, 0.3) is 0 Å². The lowest BCUT2D eigenvalue weighted by atomic mass is 10.4. The summed E-state index contributed by atoms with van der Waals surface area (Å²) >= 11 is 0. The summed E-state index contributed by atoms with van der Waals surface area (Å²) in [5, 5.41) is 7.89. The largest absolute Gasteiger partial charge is 0.478 e. The molecule has 2 unspecified atom stereocenters. The summed E-state index contributed by atoms with van der Waals surface area (Å²) in [4.78, 5) is 9.60. The molecular formula is C28H52O14. The van der Waals surface area contributed by atoms with E-state index in [9.17, 15) is 4.79 Å². The molecule has 2 aliphatic rings. The Labute approximate surface area is 249 Å². The Kier molecular flexibility index (Phi) is 27.5. The zero-order valence-electron chi connectivity index (χ0n) is 25.2. The Morgan fingerprint density at radius 1 is 0.524 bits per heavy atom. The Balaban J connectivity index is 0.00000132. The van der Waals surface area contributed by atoms with Crippen molar-refractivity contribution in [3.8, 4) is 0 Å². The van der Waals surface area contributed by atoms with Gasteiger partial charge in [0, 0.05) is 5.57 Å². The van der Waals surface area contributed by atoms with E-state index in [1.165, 1.54) is 6.92 Å². The molecule has 0 aromatic rings. The molecule has 42 heavy (non-hydrogen) atoms. The Bertz CT molecular complexity index is 563. The van der Waals surface area contributed by atoms with E-state index in [1.54, 1.807) is 0 Å². The number of ether oxygens (including phenoxy) is 12. The van der Waals surface area contributed by atoms with Crippen LogP contribution in [0.3, 0.4) is 0 Å². The molecule has 0 spiro atoms. The van der Waals surface area contributed by atoms with Crippen molar-refractivity contribution in [2.45, 2.75) is 19.1 Å². The van der Waals surface area contributed by atoms with Crippen molar-refractivity contribution in [1.29, 1.82) is 0 Å². The first kappa shape index (κ1) is 38.8. The van der Waals surface area contributed by atoms with Gasteiger partial charge in [-0.3, -0.25) is 0 Å². The predicted octanol–water partition coefficient (Wildman–Crippen LogP) is 0.597. The van der Waals surface area contributed by atoms with Crippen LogP contribution in [0.4, 0.5) is 0 Å². The van der Waals surface area contributed by atoms with Crippen LogP contribution in [0.2, 0.25) is 0 Å². The molecule has 0 saturated carbocycles. The van der Waals surface area contributed by atoms with Gasteiger partial charge in [0.1, 0.15) is 12.2 Å². The van der Waals surface area contributed by atoms with Gasteiger partial charge >= 0.3 is 5.97 Å². The van der Waals surface area contributed by atoms with Gasteiger partial charge in [-0.1, -0.05) is 6.58 Å². The van der Waals surface area contributed by atoms with Crippen LogP contribution >= 0.6 is 0 Å². The second-order valence-electron chi connectivity index (χ2n) is 9.04. The topological polar surface area (TPSA) is 155 Å². The Morgan fingerprint density at radius 3 is 0.833 bits per heavy atom. The van der Waals surface area contributed by atoms with Crippen molar-refractivity contribution in [3.63, 3.8) is 0 Å². The van der Waals surface area contributed by atoms with E-state index < -0.39 is 5.97 Å². The van der Waals surface area contributed by atoms with Crippen LogP contribution in [0, 0.1) is 0 Å². The molecule has 0 bridgehead atoms. The van der Waals surface area contributed by atoms with Gasteiger partial charge in [-0.25, -0.2) is 4.79 Å². The average Bonchev–Trinajstić information content (AvgIpc) is 3.91. The molecule has 2 atom stereocenters. The number of aliphatic carboxylic acids is 1. The second-order valence-corrected chi connectivity index (χ2v) is 9.04.